The number of fused-ring (bicyclic) bond motifs is 4. The van der Waals surface area contributed by atoms with Crippen LogP contribution < -0.4 is 0 Å². The Bertz CT molecular complexity index is 3620. The van der Waals surface area contributed by atoms with Gasteiger partial charge in [0.05, 0.1) is 50.4 Å². The van der Waals surface area contributed by atoms with Crippen molar-refractivity contribution < 1.29 is 26.2 Å². The van der Waals surface area contributed by atoms with E-state index in [-0.39, 0.29) is 61.3 Å². The van der Waals surface area contributed by atoms with Gasteiger partial charge in [0, 0.05) is 54.8 Å². The average molecular weight is 1160 g/mol. The molecule has 0 spiro atoms. The first-order valence-electron chi connectivity index (χ1n) is 26.4. The molecule has 0 amide bonds. The first-order valence-corrected chi connectivity index (χ1v) is 26.4. The van der Waals surface area contributed by atoms with E-state index in [1.807, 2.05) is 18.3 Å². The summed E-state index contributed by atoms with van der Waals surface area (Å²) in [4.78, 5) is 16.2. The van der Waals surface area contributed by atoms with Crippen LogP contribution in [0.3, 0.4) is 0 Å². The molecular formula is C67H71N5OPt. The number of hydrogen-bond acceptors (Lipinski definition) is 4. The maximum absolute atomic E-state index is 12.7. The van der Waals surface area contributed by atoms with E-state index in [4.69, 9.17) is 15.0 Å². The third kappa shape index (κ3) is 9.23. The molecule has 4 aromatic heterocycles. The molecule has 380 valence electrons. The normalized spacial score (nSPS) is 12.4. The molecule has 0 aliphatic heterocycles. The van der Waals surface area contributed by atoms with Gasteiger partial charge in [0.25, 0.3) is 0 Å². The molecular weight excluding hydrogens is 1090 g/mol. The molecule has 0 fully saturated rings. The van der Waals surface area contributed by atoms with Gasteiger partial charge in [-0.3, -0.25) is 9.55 Å². The molecule has 0 saturated carbocycles. The molecule has 0 radical (unpaired) electrons. The van der Waals surface area contributed by atoms with E-state index < -0.39 is 0 Å². The summed E-state index contributed by atoms with van der Waals surface area (Å²) < 4.78 is 4.79. The summed E-state index contributed by atoms with van der Waals surface area (Å²) >= 11 is 0. The van der Waals surface area contributed by atoms with Crippen molar-refractivity contribution in [2.75, 3.05) is 0 Å². The number of aromatic hydroxyl groups is 1. The summed E-state index contributed by atoms with van der Waals surface area (Å²) in [6.07, 6.45) is 1.85. The molecule has 1 N–H and O–H groups in total. The van der Waals surface area contributed by atoms with Gasteiger partial charge in [-0.2, -0.15) is 0 Å². The topological polar surface area (TPSA) is 68.8 Å². The number of pyridine rings is 2. The predicted molar refractivity (Wildman–Crippen MR) is 308 cm³/mol. The Kier molecular flexibility index (Phi) is 14.1. The zero-order valence-corrected chi connectivity index (χ0v) is 47.9. The molecule has 7 heteroatoms. The van der Waals surface area contributed by atoms with Crippen LogP contribution in [0.5, 0.6) is 5.75 Å². The minimum Gasteiger partial charge on any atom is -0.507 e. The molecule has 10 rings (SSSR count). The van der Waals surface area contributed by atoms with Gasteiger partial charge in [-0.05, 0) is 134 Å². The van der Waals surface area contributed by atoms with Crippen LogP contribution in [0.4, 0.5) is 0 Å². The van der Waals surface area contributed by atoms with Crippen LogP contribution in [-0.4, -0.2) is 29.2 Å². The number of hydrogen-bond donors (Lipinski definition) is 1. The van der Waals surface area contributed by atoms with Gasteiger partial charge in [0.2, 0.25) is 0 Å². The van der Waals surface area contributed by atoms with Crippen molar-refractivity contribution in [3.8, 4) is 62.3 Å². The van der Waals surface area contributed by atoms with Crippen molar-refractivity contribution in [1.29, 1.82) is 0 Å². The summed E-state index contributed by atoms with van der Waals surface area (Å²) in [5.74, 6) is 1.79. The van der Waals surface area contributed by atoms with Crippen molar-refractivity contribution in [3.63, 3.8) is 0 Å². The van der Waals surface area contributed by atoms with Crippen molar-refractivity contribution in [3.05, 3.63) is 179 Å². The fourth-order valence-electron chi connectivity index (χ4n) is 11.0. The molecule has 6 nitrogen and oxygen atoms in total. The Labute approximate surface area is 453 Å². The van der Waals surface area contributed by atoms with Crippen molar-refractivity contribution in [1.82, 2.24) is 24.1 Å². The molecule has 74 heavy (non-hydrogen) atoms. The van der Waals surface area contributed by atoms with Crippen LogP contribution in [0.2, 0.25) is 0 Å². The van der Waals surface area contributed by atoms with Crippen molar-refractivity contribution >= 4 is 32.8 Å². The first-order chi connectivity index (χ1) is 34.7. The number of phenolic OH excluding ortho intramolecular Hbond substituents is 1. The van der Waals surface area contributed by atoms with E-state index in [0.29, 0.717) is 5.82 Å². The summed E-state index contributed by atoms with van der Waals surface area (Å²) in [7, 11) is 0. The standard InChI is InChI=1S/C67H71N5O.Pt/c1-39(2)46-25-21-26-47(40(3)4)63(46)72-60-31-22-27-50(62(60)70-65(72)53-35-44(66(9,10)11)36-54(64(53)73)67(12,13)14)56-33-43(34-57(69-56)55-28-19-20-32-68-55)61-51(41(5)6)37-45(38-52(61)42(7)8)71-58-29-17-15-23-48(58)49-24-16-18-30-59(49)71;/h15-42,73H,1-14H3;. The minimum atomic E-state index is -0.335. The molecule has 4 heterocycles. The Morgan fingerprint density at radius 1 is 0.473 bits per heavy atom. The zero-order chi connectivity index (χ0) is 51.8. The fourth-order valence-corrected chi connectivity index (χ4v) is 11.0. The second-order valence-electron chi connectivity index (χ2n) is 23.5. The number of rotatable bonds is 10. The first kappa shape index (κ1) is 52.2. The third-order valence-corrected chi connectivity index (χ3v) is 14.9. The van der Waals surface area contributed by atoms with Crippen LogP contribution in [0.1, 0.15) is 154 Å². The number of aromatic nitrogens is 5. The van der Waals surface area contributed by atoms with Crippen molar-refractivity contribution in [2.24, 2.45) is 0 Å². The SMILES string of the molecule is CC(C)c1cc(-n2c3ccccc3c3ccccc32)cc(C(C)C)c1-c1cc(-c2ccccn2)nc(-c2cccc3c2nc(-c2cc(C(C)(C)C)cc(C(C)(C)C)c2O)n3-c2c(C(C)C)cccc2C(C)C)c1.[Pt]. The Morgan fingerprint density at radius 3 is 1.55 bits per heavy atom. The average Bonchev–Trinajstić information content (AvgIpc) is 3.91. The number of benzene rings is 6. The molecule has 0 unspecified atom stereocenters. The van der Waals surface area contributed by atoms with E-state index in [0.717, 1.165) is 67.3 Å². The van der Waals surface area contributed by atoms with E-state index >= 15 is 0 Å². The van der Waals surface area contributed by atoms with E-state index in [2.05, 4.69) is 233 Å². The molecule has 6 aromatic carbocycles. The maximum atomic E-state index is 12.7. The second-order valence-corrected chi connectivity index (χ2v) is 23.5. The molecule has 0 saturated heterocycles. The number of nitrogens with zero attached hydrogens (tertiary/aromatic N) is 5. The summed E-state index contributed by atoms with van der Waals surface area (Å²) in [6, 6.07) is 50.5. The molecule has 0 aliphatic rings. The van der Waals surface area contributed by atoms with Crippen LogP contribution in [0.15, 0.2) is 146 Å². The van der Waals surface area contributed by atoms with Crippen LogP contribution in [0.25, 0.3) is 89.4 Å². The number of imidazole rings is 1. The van der Waals surface area contributed by atoms with Gasteiger partial charge in [0.15, 0.2) is 0 Å². The molecule has 0 bridgehead atoms. The molecule has 0 atom stereocenters. The van der Waals surface area contributed by atoms with Crippen molar-refractivity contribution in [2.45, 2.75) is 131 Å². The number of phenols is 1. The maximum Gasteiger partial charge on any atom is 0.149 e. The summed E-state index contributed by atoms with van der Waals surface area (Å²) in [5, 5.41) is 15.2. The molecule has 0 aliphatic carbocycles. The fraction of sp³-hybridized carbons (Fsp3) is 0.299. The molecule has 10 aromatic rings. The minimum absolute atomic E-state index is 0. The number of para-hydroxylation sites is 4. The Morgan fingerprint density at radius 2 is 1.01 bits per heavy atom. The quantitative estimate of drug-likeness (QED) is 0.148. The van der Waals surface area contributed by atoms with Gasteiger partial charge in [-0.15, -0.1) is 0 Å². The van der Waals surface area contributed by atoms with Crippen LogP contribution in [0, 0.1) is 0 Å². The Balaban J connectivity index is 0.00000672. The van der Waals surface area contributed by atoms with E-state index in [1.54, 1.807) is 0 Å². The van der Waals surface area contributed by atoms with Crippen LogP contribution >= 0.6 is 0 Å². The van der Waals surface area contributed by atoms with Gasteiger partial charge in [0.1, 0.15) is 11.6 Å². The predicted octanol–water partition coefficient (Wildman–Crippen LogP) is 18.4. The summed E-state index contributed by atoms with van der Waals surface area (Å²) in [6.45, 7) is 31.6. The van der Waals surface area contributed by atoms with E-state index in [9.17, 15) is 5.11 Å². The smallest absolute Gasteiger partial charge is 0.149 e. The Hall–Kier alpha value is -6.62. The zero-order valence-electron chi connectivity index (χ0n) is 45.7. The summed E-state index contributed by atoms with van der Waals surface area (Å²) in [5.41, 5.74) is 19.3. The largest absolute Gasteiger partial charge is 0.507 e. The van der Waals surface area contributed by atoms with E-state index in [1.165, 1.54) is 49.6 Å². The van der Waals surface area contributed by atoms with Gasteiger partial charge in [-0.1, -0.05) is 176 Å². The van der Waals surface area contributed by atoms with Gasteiger partial charge < -0.3 is 9.67 Å². The second kappa shape index (κ2) is 19.9. The monoisotopic (exact) mass is 1160 g/mol. The van der Waals surface area contributed by atoms with Crippen LogP contribution in [-0.2, 0) is 31.9 Å². The third-order valence-electron chi connectivity index (χ3n) is 14.9. The van der Waals surface area contributed by atoms with Gasteiger partial charge in [-0.25, -0.2) is 9.97 Å². The van der Waals surface area contributed by atoms with Gasteiger partial charge >= 0.3 is 0 Å².